The Morgan fingerprint density at radius 3 is 2.71 bits per heavy atom. The number of aromatic nitrogens is 3. The van der Waals surface area contributed by atoms with Gasteiger partial charge in [0.15, 0.2) is 0 Å². The maximum Gasteiger partial charge on any atom is 0.112 e. The van der Waals surface area contributed by atoms with Crippen molar-refractivity contribution in [3.63, 3.8) is 0 Å². The first-order chi connectivity index (χ1) is 9.91. The fourth-order valence-electron chi connectivity index (χ4n) is 2.16. The Kier molecular flexibility index (Phi) is 3.45. The highest BCUT2D eigenvalue weighted by atomic mass is 32.1. The molecule has 110 valence electrons. The normalized spacial score (nSPS) is 12.0. The molecule has 0 amide bonds. The molecule has 0 spiro atoms. The summed E-state index contributed by atoms with van der Waals surface area (Å²) in [5.74, 6) is 1.02. The lowest BCUT2D eigenvalue weighted by atomic mass is 9.96. The van der Waals surface area contributed by atoms with E-state index in [0.717, 1.165) is 39.8 Å². The molecule has 3 rings (SSSR count). The first kappa shape index (κ1) is 14.1. The van der Waals surface area contributed by atoms with Crippen molar-refractivity contribution in [1.29, 1.82) is 0 Å². The van der Waals surface area contributed by atoms with E-state index in [4.69, 9.17) is 0 Å². The predicted molar refractivity (Wildman–Crippen MR) is 89.0 cm³/mol. The second-order valence-electron chi connectivity index (χ2n) is 6.28. The molecule has 2 aromatic heterocycles. The molecule has 0 aliphatic carbocycles. The van der Waals surface area contributed by atoms with Gasteiger partial charge in [-0.15, -0.1) is 11.3 Å². The smallest absolute Gasteiger partial charge is 0.112 e. The van der Waals surface area contributed by atoms with Crippen molar-refractivity contribution in [2.45, 2.75) is 39.7 Å². The number of aryl methyl sites for hydroxylation is 1. The van der Waals surface area contributed by atoms with Crippen LogP contribution >= 0.6 is 11.3 Å². The SMILES string of the molecule is Cc1nc(CNc2ccc3nc(C(C)(C)C)[nH]c3c2)cs1. The zero-order valence-corrected chi connectivity index (χ0v) is 13.6. The van der Waals surface area contributed by atoms with Crippen LogP contribution in [0.15, 0.2) is 23.6 Å². The summed E-state index contributed by atoms with van der Waals surface area (Å²) in [4.78, 5) is 12.5. The molecule has 2 N–H and O–H groups in total. The topological polar surface area (TPSA) is 53.6 Å². The van der Waals surface area contributed by atoms with E-state index in [2.05, 4.69) is 64.6 Å². The summed E-state index contributed by atoms with van der Waals surface area (Å²) in [7, 11) is 0. The van der Waals surface area contributed by atoms with E-state index in [1.54, 1.807) is 11.3 Å². The molecule has 0 aliphatic heterocycles. The highest BCUT2D eigenvalue weighted by Crippen LogP contribution is 2.24. The van der Waals surface area contributed by atoms with Gasteiger partial charge < -0.3 is 10.3 Å². The number of H-pyrrole nitrogens is 1. The van der Waals surface area contributed by atoms with Crippen molar-refractivity contribution in [1.82, 2.24) is 15.0 Å². The van der Waals surface area contributed by atoms with Crippen LogP contribution in [0, 0.1) is 6.92 Å². The maximum atomic E-state index is 4.65. The summed E-state index contributed by atoms with van der Waals surface area (Å²) in [5, 5.41) is 6.61. The van der Waals surface area contributed by atoms with Crippen LogP contribution in [0.25, 0.3) is 11.0 Å². The van der Waals surface area contributed by atoms with Crippen molar-refractivity contribution < 1.29 is 0 Å². The first-order valence-electron chi connectivity index (χ1n) is 7.07. The van der Waals surface area contributed by atoms with Crippen molar-refractivity contribution in [2.24, 2.45) is 0 Å². The Balaban J connectivity index is 1.80. The van der Waals surface area contributed by atoms with Gasteiger partial charge in [-0.3, -0.25) is 0 Å². The minimum absolute atomic E-state index is 0.0325. The molecular formula is C16H20N4S. The number of imidazole rings is 1. The summed E-state index contributed by atoms with van der Waals surface area (Å²) < 4.78 is 0. The highest BCUT2D eigenvalue weighted by Gasteiger charge is 2.18. The number of thiazole rings is 1. The second-order valence-corrected chi connectivity index (χ2v) is 7.34. The summed E-state index contributed by atoms with van der Waals surface area (Å²) in [6.45, 7) is 9.26. The molecule has 1 aromatic carbocycles. The van der Waals surface area contributed by atoms with Crippen molar-refractivity contribution in [2.75, 3.05) is 5.32 Å². The van der Waals surface area contributed by atoms with Gasteiger partial charge in [0.05, 0.1) is 28.3 Å². The average Bonchev–Trinajstić information content (AvgIpc) is 3.01. The van der Waals surface area contributed by atoms with Crippen LogP contribution in [0.1, 0.15) is 37.3 Å². The number of rotatable bonds is 3. The monoisotopic (exact) mass is 300 g/mol. The third kappa shape index (κ3) is 3.08. The molecule has 0 saturated heterocycles. The lowest BCUT2D eigenvalue weighted by Crippen LogP contribution is -2.12. The van der Waals surface area contributed by atoms with E-state index in [1.165, 1.54) is 0 Å². The third-order valence-corrected chi connectivity index (χ3v) is 4.15. The Labute approximate surface area is 128 Å². The molecule has 0 bridgehead atoms. The molecule has 5 heteroatoms. The molecule has 3 aromatic rings. The van der Waals surface area contributed by atoms with Gasteiger partial charge >= 0.3 is 0 Å². The molecule has 0 unspecified atom stereocenters. The zero-order chi connectivity index (χ0) is 15.0. The molecule has 0 fully saturated rings. The molecule has 0 aliphatic rings. The molecule has 4 nitrogen and oxygen atoms in total. The summed E-state index contributed by atoms with van der Waals surface area (Å²) in [6, 6.07) is 6.22. The van der Waals surface area contributed by atoms with Crippen molar-refractivity contribution >= 4 is 28.1 Å². The number of nitrogens with zero attached hydrogens (tertiary/aromatic N) is 2. The van der Waals surface area contributed by atoms with Gasteiger partial charge in [-0.1, -0.05) is 20.8 Å². The van der Waals surface area contributed by atoms with Crippen molar-refractivity contribution in [3.8, 4) is 0 Å². The van der Waals surface area contributed by atoms with Gasteiger partial charge in [-0.2, -0.15) is 0 Å². The lowest BCUT2D eigenvalue weighted by Gasteiger charge is -2.13. The number of hydrogen-bond acceptors (Lipinski definition) is 4. The molecule has 0 atom stereocenters. The zero-order valence-electron chi connectivity index (χ0n) is 12.8. The van der Waals surface area contributed by atoms with Crippen LogP contribution in [0.3, 0.4) is 0 Å². The molecule has 0 saturated carbocycles. The summed E-state index contributed by atoms with van der Waals surface area (Å²) >= 11 is 1.68. The van der Waals surface area contributed by atoms with Gasteiger partial charge in [-0.05, 0) is 25.1 Å². The van der Waals surface area contributed by atoms with E-state index in [9.17, 15) is 0 Å². The van der Waals surface area contributed by atoms with Crippen molar-refractivity contribution in [3.05, 3.63) is 40.1 Å². The number of aromatic amines is 1. The number of fused-ring (bicyclic) bond motifs is 1. The molecule has 21 heavy (non-hydrogen) atoms. The number of benzene rings is 1. The van der Waals surface area contributed by atoms with Gasteiger partial charge in [0.2, 0.25) is 0 Å². The maximum absolute atomic E-state index is 4.65. The number of hydrogen-bond donors (Lipinski definition) is 2. The third-order valence-electron chi connectivity index (χ3n) is 3.33. The van der Waals surface area contributed by atoms with Crippen LogP contribution in [0.5, 0.6) is 0 Å². The fraction of sp³-hybridized carbons (Fsp3) is 0.375. The van der Waals surface area contributed by atoms with E-state index in [0.29, 0.717) is 0 Å². The molecular weight excluding hydrogens is 280 g/mol. The molecule has 2 heterocycles. The lowest BCUT2D eigenvalue weighted by molar-refractivity contribution is 0.554. The molecule has 0 radical (unpaired) electrons. The second kappa shape index (κ2) is 5.15. The predicted octanol–water partition coefficient (Wildman–Crippen LogP) is 4.24. The average molecular weight is 300 g/mol. The highest BCUT2D eigenvalue weighted by molar-refractivity contribution is 7.09. The van der Waals surface area contributed by atoms with Crippen LogP contribution < -0.4 is 5.32 Å². The largest absolute Gasteiger partial charge is 0.379 e. The minimum atomic E-state index is 0.0325. The van der Waals surface area contributed by atoms with Crippen LogP contribution in [-0.4, -0.2) is 15.0 Å². The Morgan fingerprint density at radius 2 is 2.05 bits per heavy atom. The van der Waals surface area contributed by atoms with Gasteiger partial charge in [0.25, 0.3) is 0 Å². The van der Waals surface area contributed by atoms with E-state index >= 15 is 0 Å². The standard InChI is InChI=1S/C16H20N4S/c1-10-18-12(9-21-10)8-17-11-5-6-13-14(7-11)20-15(19-13)16(2,3)4/h5-7,9,17H,8H2,1-4H3,(H,19,20). The van der Waals surface area contributed by atoms with Crippen LogP contribution in [-0.2, 0) is 12.0 Å². The van der Waals surface area contributed by atoms with Gasteiger partial charge in [0.1, 0.15) is 5.82 Å². The van der Waals surface area contributed by atoms with Gasteiger partial charge in [0, 0.05) is 16.5 Å². The van der Waals surface area contributed by atoms with Gasteiger partial charge in [-0.25, -0.2) is 9.97 Å². The minimum Gasteiger partial charge on any atom is -0.379 e. The fourth-order valence-corrected chi connectivity index (χ4v) is 2.77. The Hall–Kier alpha value is -1.88. The number of nitrogens with one attached hydrogen (secondary N) is 2. The van der Waals surface area contributed by atoms with E-state index in [1.807, 2.05) is 6.92 Å². The number of anilines is 1. The van der Waals surface area contributed by atoms with E-state index < -0.39 is 0 Å². The summed E-state index contributed by atoms with van der Waals surface area (Å²) in [6.07, 6.45) is 0. The van der Waals surface area contributed by atoms with Crippen LogP contribution in [0.2, 0.25) is 0 Å². The first-order valence-corrected chi connectivity index (χ1v) is 7.95. The summed E-state index contributed by atoms with van der Waals surface area (Å²) in [5.41, 5.74) is 4.27. The van der Waals surface area contributed by atoms with E-state index in [-0.39, 0.29) is 5.41 Å². The Morgan fingerprint density at radius 1 is 1.24 bits per heavy atom. The van der Waals surface area contributed by atoms with Crippen LogP contribution in [0.4, 0.5) is 5.69 Å². The Bertz CT molecular complexity index is 764. The quantitative estimate of drug-likeness (QED) is 0.760.